The van der Waals surface area contributed by atoms with Crippen LogP contribution in [0.4, 0.5) is 0 Å². The van der Waals surface area contributed by atoms with Crippen molar-refractivity contribution in [3.05, 3.63) is 200 Å². The van der Waals surface area contributed by atoms with Crippen molar-refractivity contribution in [2.45, 2.75) is 35.3 Å². The first kappa shape index (κ1) is 36.6. The third-order valence-electron chi connectivity index (χ3n) is 14.8. The van der Waals surface area contributed by atoms with E-state index in [-0.39, 0.29) is 0 Å². The summed E-state index contributed by atoms with van der Waals surface area (Å²) in [6.45, 7) is 0. The highest BCUT2D eigenvalue weighted by Gasteiger charge is 2.38. The van der Waals surface area contributed by atoms with Crippen molar-refractivity contribution >= 4 is 87.7 Å². The molecule has 2 aliphatic rings. The number of nitrogens with zero attached hydrogens (tertiary/aromatic N) is 4. The minimum atomic E-state index is 0.650. The van der Waals surface area contributed by atoms with Gasteiger partial charge in [-0.05, 0) is 122 Å². The normalized spacial score (nSPS) is 15.9. The molecule has 0 radical (unpaired) electrons. The van der Waals surface area contributed by atoms with Crippen molar-refractivity contribution in [3.8, 4) is 45.3 Å². The van der Waals surface area contributed by atoms with Gasteiger partial charge in [0.25, 0.3) is 0 Å². The molecule has 1 saturated carbocycles. The predicted molar refractivity (Wildman–Crippen MR) is 277 cm³/mol. The van der Waals surface area contributed by atoms with Crippen molar-refractivity contribution in [1.82, 2.24) is 19.1 Å². The molecule has 3 aromatic heterocycles. The number of benzene rings is 10. The lowest BCUT2D eigenvalue weighted by Crippen LogP contribution is -2.04. The molecule has 1 fully saturated rings. The van der Waals surface area contributed by atoms with Gasteiger partial charge < -0.3 is 4.57 Å². The van der Waals surface area contributed by atoms with E-state index >= 15 is 0 Å². The van der Waals surface area contributed by atoms with Crippen molar-refractivity contribution in [2.24, 2.45) is 0 Å². The summed E-state index contributed by atoms with van der Waals surface area (Å²) in [5, 5.41) is 13.1. The fourth-order valence-corrected chi connectivity index (χ4v) is 13.5. The first-order valence-corrected chi connectivity index (χ1v) is 24.1. The lowest BCUT2D eigenvalue weighted by molar-refractivity contribution is 0.740. The molecule has 2 unspecified atom stereocenters. The molecule has 1 aliphatic carbocycles. The van der Waals surface area contributed by atoms with Gasteiger partial charge in [0.2, 0.25) is 5.95 Å². The van der Waals surface area contributed by atoms with Crippen LogP contribution in [-0.2, 0) is 0 Å². The molecule has 5 heteroatoms. The zero-order chi connectivity index (χ0) is 43.0. The van der Waals surface area contributed by atoms with E-state index in [2.05, 4.69) is 215 Å². The van der Waals surface area contributed by atoms with Gasteiger partial charge in [0.1, 0.15) is 0 Å². The number of aromatic nitrogens is 4. The standard InChI is InChI=1S/C61H40N4S/c1-3-12-39-32-42(24-22-36(39)10-1)50-35-51(43-25-23-37-11-2-4-13-40(37)33-43)63-61(62-50)65-52-18-6-5-15-45(52)49-34-41(27-30-53(49)65)44-29-31-55-59-47(44)28-26-38-14-7-19-54(58(38)59)64(55)56-20-8-17-48-46-16-9-21-57(46)66-60(48)56/h1-8,10-15,17-20,22-35,46,57H,9,16,21H2. The summed E-state index contributed by atoms with van der Waals surface area (Å²) in [5.41, 5.74) is 13.9. The fraction of sp³-hybridized carbons (Fsp3) is 0.0820. The summed E-state index contributed by atoms with van der Waals surface area (Å²) in [5.74, 6) is 1.33. The van der Waals surface area contributed by atoms with Crippen LogP contribution in [0.5, 0.6) is 0 Å². The maximum atomic E-state index is 5.42. The largest absolute Gasteiger partial charge is 0.308 e. The van der Waals surface area contributed by atoms with Crippen molar-refractivity contribution in [1.29, 1.82) is 0 Å². The minimum Gasteiger partial charge on any atom is -0.308 e. The Morgan fingerprint density at radius 3 is 1.86 bits per heavy atom. The minimum absolute atomic E-state index is 0.650. The lowest BCUT2D eigenvalue weighted by atomic mass is 9.94. The van der Waals surface area contributed by atoms with Gasteiger partial charge in [-0.15, -0.1) is 11.8 Å². The van der Waals surface area contributed by atoms with Crippen molar-refractivity contribution in [3.63, 3.8) is 0 Å². The maximum absolute atomic E-state index is 5.42. The summed E-state index contributed by atoms with van der Waals surface area (Å²) in [7, 11) is 0. The first-order chi connectivity index (χ1) is 32.7. The van der Waals surface area contributed by atoms with Gasteiger partial charge in [-0.1, -0.05) is 146 Å². The van der Waals surface area contributed by atoms with Crippen molar-refractivity contribution < 1.29 is 0 Å². The third-order valence-corrected chi connectivity index (χ3v) is 16.4. The zero-order valence-corrected chi connectivity index (χ0v) is 36.8. The summed E-state index contributed by atoms with van der Waals surface area (Å²) in [4.78, 5) is 12.3. The molecule has 1 aliphatic heterocycles. The fourth-order valence-electron chi connectivity index (χ4n) is 11.8. The molecule has 4 heterocycles. The quantitative estimate of drug-likeness (QED) is 0.162. The Morgan fingerprint density at radius 1 is 0.424 bits per heavy atom. The van der Waals surface area contributed by atoms with E-state index in [1.165, 1.54) is 106 Å². The van der Waals surface area contributed by atoms with Crippen LogP contribution in [0.25, 0.3) is 121 Å². The van der Waals surface area contributed by atoms with Crippen LogP contribution in [0.2, 0.25) is 0 Å². The van der Waals surface area contributed by atoms with Crippen LogP contribution < -0.4 is 0 Å². The van der Waals surface area contributed by atoms with Crippen LogP contribution in [0.1, 0.15) is 30.7 Å². The van der Waals surface area contributed by atoms with Crippen LogP contribution in [-0.4, -0.2) is 24.4 Å². The average molecular weight is 861 g/mol. The Kier molecular flexibility index (Phi) is 7.70. The lowest BCUT2D eigenvalue weighted by Gasteiger charge is -2.14. The summed E-state index contributed by atoms with van der Waals surface area (Å²) >= 11 is 2.13. The Morgan fingerprint density at radius 2 is 1.06 bits per heavy atom. The molecule has 0 N–H and O–H groups in total. The molecule has 2 atom stereocenters. The smallest absolute Gasteiger partial charge is 0.235 e. The molecule has 15 rings (SSSR count). The Hall–Kier alpha value is -7.73. The Labute approximate surface area is 385 Å². The second-order valence-electron chi connectivity index (χ2n) is 18.4. The average Bonchev–Trinajstić information content (AvgIpc) is 4.15. The molecule has 0 amide bonds. The zero-order valence-electron chi connectivity index (χ0n) is 35.9. The number of rotatable bonds is 5. The highest BCUT2D eigenvalue weighted by atomic mass is 32.2. The van der Waals surface area contributed by atoms with Gasteiger partial charge in [0.05, 0.1) is 39.1 Å². The van der Waals surface area contributed by atoms with Gasteiger partial charge in [-0.2, -0.15) is 0 Å². The van der Waals surface area contributed by atoms with E-state index in [0.29, 0.717) is 17.1 Å². The van der Waals surface area contributed by atoms with E-state index in [9.17, 15) is 0 Å². The molecule has 310 valence electrons. The summed E-state index contributed by atoms with van der Waals surface area (Å²) in [6, 6.07) is 71.4. The SMILES string of the molecule is c1cc2c(c(-n3c4cccc5ccc6c(-c7ccc8c(c7)c7ccccc7n8-c7nc(-c8ccc9ccccc9c8)cc(-c8ccc9ccccc9c8)n7)ccc3c6c54)c1)SC1CCCC21. The molecule has 0 saturated heterocycles. The molecule has 0 spiro atoms. The van der Waals surface area contributed by atoms with Crippen LogP contribution in [0.15, 0.2) is 199 Å². The third kappa shape index (κ3) is 5.29. The van der Waals surface area contributed by atoms with E-state index < -0.39 is 0 Å². The molecule has 10 aromatic carbocycles. The van der Waals surface area contributed by atoms with E-state index in [4.69, 9.17) is 9.97 Å². The second kappa shape index (κ2) is 13.9. The highest BCUT2D eigenvalue weighted by molar-refractivity contribution is 8.00. The maximum Gasteiger partial charge on any atom is 0.235 e. The number of hydrogen-bond donors (Lipinski definition) is 0. The van der Waals surface area contributed by atoms with Gasteiger partial charge in [0, 0.05) is 42.8 Å². The van der Waals surface area contributed by atoms with E-state index in [1.54, 1.807) is 5.56 Å². The number of hydrogen-bond acceptors (Lipinski definition) is 3. The Balaban J connectivity index is 0.924. The highest BCUT2D eigenvalue weighted by Crippen LogP contribution is 2.56. The molecule has 0 bridgehead atoms. The van der Waals surface area contributed by atoms with Gasteiger partial charge in [0.15, 0.2) is 0 Å². The summed E-state index contributed by atoms with van der Waals surface area (Å²) < 4.78 is 4.83. The van der Waals surface area contributed by atoms with Crippen LogP contribution in [0.3, 0.4) is 0 Å². The topological polar surface area (TPSA) is 35.6 Å². The molecule has 13 aromatic rings. The van der Waals surface area contributed by atoms with Gasteiger partial charge in [-0.25, -0.2) is 9.97 Å². The second-order valence-corrected chi connectivity index (χ2v) is 19.6. The van der Waals surface area contributed by atoms with Gasteiger partial charge >= 0.3 is 0 Å². The van der Waals surface area contributed by atoms with Gasteiger partial charge in [-0.3, -0.25) is 4.57 Å². The molecule has 4 nitrogen and oxygen atoms in total. The number of para-hydroxylation sites is 1. The molecular weight excluding hydrogens is 821 g/mol. The molecule has 66 heavy (non-hydrogen) atoms. The Bertz CT molecular complexity index is 4060. The van der Waals surface area contributed by atoms with E-state index in [0.717, 1.165) is 33.5 Å². The van der Waals surface area contributed by atoms with Crippen LogP contribution >= 0.6 is 11.8 Å². The number of thioether (sulfide) groups is 1. The molecular formula is C61H40N4S. The monoisotopic (exact) mass is 860 g/mol. The van der Waals surface area contributed by atoms with Crippen LogP contribution in [0, 0.1) is 0 Å². The number of fused-ring (bicyclic) bond motifs is 8. The summed E-state index contributed by atoms with van der Waals surface area (Å²) in [6.07, 6.45) is 3.97. The first-order valence-electron chi connectivity index (χ1n) is 23.2. The van der Waals surface area contributed by atoms with E-state index in [1.807, 2.05) is 0 Å². The van der Waals surface area contributed by atoms with Crippen molar-refractivity contribution in [2.75, 3.05) is 0 Å². The predicted octanol–water partition coefficient (Wildman–Crippen LogP) is 16.3.